The fraction of sp³-hybridized carbons (Fsp3) is 0.600. The van der Waals surface area contributed by atoms with E-state index in [0.29, 0.717) is 18.0 Å². The van der Waals surface area contributed by atoms with Crippen molar-refractivity contribution in [2.45, 2.75) is 38.6 Å². The van der Waals surface area contributed by atoms with Crippen molar-refractivity contribution < 1.29 is 14.6 Å². The van der Waals surface area contributed by atoms with Gasteiger partial charge in [0.2, 0.25) is 0 Å². The second-order valence-corrected chi connectivity index (χ2v) is 4.97. The maximum absolute atomic E-state index is 12.0. The van der Waals surface area contributed by atoms with Gasteiger partial charge in [-0.25, -0.2) is 9.78 Å². The van der Waals surface area contributed by atoms with Gasteiger partial charge in [-0.1, -0.05) is 12.8 Å². The first-order chi connectivity index (χ1) is 9.77. The second-order valence-electron chi connectivity index (χ2n) is 4.97. The lowest BCUT2D eigenvalue weighted by Crippen LogP contribution is -2.39. The molecule has 2 heterocycles. The van der Waals surface area contributed by atoms with E-state index in [1.165, 1.54) is 0 Å². The van der Waals surface area contributed by atoms with Crippen LogP contribution in [0.15, 0.2) is 18.3 Å². The summed E-state index contributed by atoms with van der Waals surface area (Å²) in [6.07, 6.45) is 5.90. The molecule has 1 fully saturated rings. The van der Waals surface area contributed by atoms with Crippen LogP contribution in [-0.4, -0.2) is 41.9 Å². The SMILES string of the molecule is CCOC(=O)c1cccnc1N1CCCCCC1CO. The molecule has 2 rings (SSSR count). The summed E-state index contributed by atoms with van der Waals surface area (Å²) in [6.45, 7) is 3.03. The summed E-state index contributed by atoms with van der Waals surface area (Å²) in [5.74, 6) is 0.281. The summed E-state index contributed by atoms with van der Waals surface area (Å²) in [5.41, 5.74) is 0.481. The van der Waals surface area contributed by atoms with E-state index in [0.717, 1.165) is 32.2 Å². The van der Waals surface area contributed by atoms with Crippen molar-refractivity contribution in [3.05, 3.63) is 23.9 Å². The number of hydrogen-bond acceptors (Lipinski definition) is 5. The monoisotopic (exact) mass is 278 g/mol. The molecule has 1 atom stereocenters. The van der Waals surface area contributed by atoms with Crippen molar-refractivity contribution in [2.24, 2.45) is 0 Å². The lowest BCUT2D eigenvalue weighted by molar-refractivity contribution is 0.0526. The third-order valence-corrected chi connectivity index (χ3v) is 3.64. The minimum absolute atomic E-state index is 0.0283. The highest BCUT2D eigenvalue weighted by Crippen LogP contribution is 2.25. The maximum atomic E-state index is 12.0. The van der Waals surface area contributed by atoms with Crippen LogP contribution in [0.25, 0.3) is 0 Å². The maximum Gasteiger partial charge on any atom is 0.341 e. The highest BCUT2D eigenvalue weighted by atomic mass is 16.5. The predicted octanol–water partition coefficient (Wildman–Crippen LogP) is 2.00. The normalized spacial score (nSPS) is 19.5. The molecule has 0 aliphatic carbocycles. The smallest absolute Gasteiger partial charge is 0.341 e. The Bertz CT molecular complexity index is 450. The van der Waals surface area contributed by atoms with Crippen LogP contribution in [0.1, 0.15) is 43.0 Å². The van der Waals surface area contributed by atoms with Crippen molar-refractivity contribution in [2.75, 3.05) is 24.7 Å². The number of aliphatic hydroxyl groups excluding tert-OH is 1. The zero-order valence-corrected chi connectivity index (χ0v) is 11.9. The van der Waals surface area contributed by atoms with Gasteiger partial charge in [-0.3, -0.25) is 0 Å². The molecule has 0 bridgehead atoms. The molecular formula is C15H22N2O3. The number of ether oxygens (including phenoxy) is 1. The Kier molecular flexibility index (Phi) is 5.35. The third-order valence-electron chi connectivity index (χ3n) is 3.64. The van der Waals surface area contributed by atoms with Gasteiger partial charge in [0.05, 0.1) is 19.3 Å². The molecule has 1 aliphatic rings. The molecule has 0 spiro atoms. The zero-order chi connectivity index (χ0) is 14.4. The number of esters is 1. The second kappa shape index (κ2) is 7.24. The predicted molar refractivity (Wildman–Crippen MR) is 76.9 cm³/mol. The Morgan fingerprint density at radius 2 is 2.35 bits per heavy atom. The van der Waals surface area contributed by atoms with E-state index < -0.39 is 0 Å². The van der Waals surface area contributed by atoms with Gasteiger partial charge in [0.1, 0.15) is 11.4 Å². The van der Waals surface area contributed by atoms with E-state index in [1.54, 1.807) is 25.3 Å². The molecular weight excluding hydrogens is 256 g/mol. The van der Waals surface area contributed by atoms with Gasteiger partial charge in [-0.2, -0.15) is 0 Å². The number of pyridine rings is 1. The van der Waals surface area contributed by atoms with Gasteiger partial charge >= 0.3 is 5.97 Å². The van der Waals surface area contributed by atoms with E-state index in [9.17, 15) is 9.90 Å². The highest BCUT2D eigenvalue weighted by Gasteiger charge is 2.25. The highest BCUT2D eigenvalue weighted by molar-refractivity contribution is 5.94. The van der Waals surface area contributed by atoms with Gasteiger partial charge in [0.25, 0.3) is 0 Å². The largest absolute Gasteiger partial charge is 0.462 e. The van der Waals surface area contributed by atoms with Gasteiger partial charge in [-0.15, -0.1) is 0 Å². The first-order valence-corrected chi connectivity index (χ1v) is 7.27. The summed E-state index contributed by atoms with van der Waals surface area (Å²) in [6, 6.07) is 3.50. The van der Waals surface area contributed by atoms with Crippen molar-refractivity contribution in [3.8, 4) is 0 Å². The van der Waals surface area contributed by atoms with Crippen LogP contribution in [0.2, 0.25) is 0 Å². The van der Waals surface area contributed by atoms with Crippen LogP contribution in [0, 0.1) is 0 Å². The van der Waals surface area contributed by atoms with Crippen LogP contribution in [0.4, 0.5) is 5.82 Å². The van der Waals surface area contributed by atoms with Crippen LogP contribution < -0.4 is 4.90 Å². The molecule has 1 aliphatic heterocycles. The average Bonchev–Trinajstić information content (AvgIpc) is 2.72. The van der Waals surface area contributed by atoms with Gasteiger partial charge in [0, 0.05) is 12.7 Å². The molecule has 20 heavy (non-hydrogen) atoms. The molecule has 0 aromatic carbocycles. The van der Waals surface area contributed by atoms with E-state index in [4.69, 9.17) is 4.74 Å². The fourth-order valence-electron chi connectivity index (χ4n) is 2.64. The van der Waals surface area contributed by atoms with Crippen molar-refractivity contribution >= 4 is 11.8 Å². The number of carbonyl (C=O) groups is 1. The standard InChI is InChI=1S/C15H22N2O3/c1-2-20-15(19)13-8-6-9-16-14(13)17-10-5-3-4-7-12(17)11-18/h6,8-9,12,18H,2-5,7,10-11H2,1H3. The van der Waals surface area contributed by atoms with E-state index in [-0.39, 0.29) is 18.6 Å². The third kappa shape index (κ3) is 3.28. The van der Waals surface area contributed by atoms with E-state index in [2.05, 4.69) is 9.88 Å². The summed E-state index contributed by atoms with van der Waals surface area (Å²) in [4.78, 5) is 18.5. The Morgan fingerprint density at radius 3 is 3.10 bits per heavy atom. The summed E-state index contributed by atoms with van der Waals surface area (Å²) in [5, 5.41) is 9.59. The number of hydrogen-bond donors (Lipinski definition) is 1. The Labute approximate surface area is 119 Å². The Balaban J connectivity index is 2.32. The van der Waals surface area contributed by atoms with Crippen LogP contribution in [0.3, 0.4) is 0 Å². The van der Waals surface area contributed by atoms with Crippen molar-refractivity contribution in [1.82, 2.24) is 4.98 Å². The van der Waals surface area contributed by atoms with Gasteiger partial charge < -0.3 is 14.7 Å². The summed E-state index contributed by atoms with van der Waals surface area (Å²) in [7, 11) is 0. The quantitative estimate of drug-likeness (QED) is 0.853. The molecule has 1 N–H and O–H groups in total. The minimum Gasteiger partial charge on any atom is -0.462 e. The number of nitrogens with zero attached hydrogens (tertiary/aromatic N) is 2. The molecule has 0 amide bonds. The first kappa shape index (κ1) is 14.8. The number of aromatic nitrogens is 1. The molecule has 1 aromatic heterocycles. The number of aliphatic hydroxyl groups is 1. The van der Waals surface area contributed by atoms with Gasteiger partial charge in [-0.05, 0) is 31.9 Å². The summed E-state index contributed by atoms with van der Waals surface area (Å²) >= 11 is 0. The minimum atomic E-state index is -0.350. The Morgan fingerprint density at radius 1 is 1.50 bits per heavy atom. The Hall–Kier alpha value is -1.62. The molecule has 5 heteroatoms. The average molecular weight is 278 g/mol. The van der Waals surface area contributed by atoms with Crippen molar-refractivity contribution in [1.29, 1.82) is 0 Å². The van der Waals surface area contributed by atoms with Crippen LogP contribution in [-0.2, 0) is 4.74 Å². The lowest BCUT2D eigenvalue weighted by Gasteiger charge is -2.30. The summed E-state index contributed by atoms with van der Waals surface area (Å²) < 4.78 is 5.09. The number of carbonyl (C=O) groups excluding carboxylic acids is 1. The van der Waals surface area contributed by atoms with Crippen LogP contribution >= 0.6 is 0 Å². The molecule has 0 radical (unpaired) electrons. The van der Waals surface area contributed by atoms with E-state index in [1.807, 2.05) is 0 Å². The van der Waals surface area contributed by atoms with Crippen LogP contribution in [0.5, 0.6) is 0 Å². The number of anilines is 1. The number of rotatable bonds is 4. The van der Waals surface area contributed by atoms with Crippen molar-refractivity contribution in [3.63, 3.8) is 0 Å². The zero-order valence-electron chi connectivity index (χ0n) is 11.9. The van der Waals surface area contributed by atoms with Gasteiger partial charge in [0.15, 0.2) is 0 Å². The molecule has 1 unspecified atom stereocenters. The first-order valence-electron chi connectivity index (χ1n) is 7.27. The molecule has 1 saturated heterocycles. The molecule has 110 valence electrons. The fourth-order valence-corrected chi connectivity index (χ4v) is 2.64. The van der Waals surface area contributed by atoms with E-state index >= 15 is 0 Å². The molecule has 1 aromatic rings. The molecule has 0 saturated carbocycles. The molecule has 5 nitrogen and oxygen atoms in total. The topological polar surface area (TPSA) is 62.7 Å². The lowest BCUT2D eigenvalue weighted by atomic mass is 10.1.